The van der Waals surface area contributed by atoms with E-state index in [2.05, 4.69) is 40.6 Å². The number of allylic oxidation sites excluding steroid dienone is 2. The molecule has 0 spiro atoms. The standard InChI is InChI=1S/C40H58N4O9S2Si/c1-11-30(41-36(48)32-25-55-37(42-32)31(23-28-17-13-12-14-18-28)43-39(50)53-40(5,6)7)35(47)44-34(26(2)3)38(49)52-29(19-15-16-21-54-27(4)45)24-33(46)51-20-22-56(8,9)10/h11-15,17-19,25-26,29,31,34H,16,20-24H2,1-10H3,(H,41,48)(H,43,50)(H,44,47). The first kappa shape index (κ1) is 47.9. The molecule has 0 saturated carbocycles. The average molecular weight is 831 g/mol. The van der Waals surface area contributed by atoms with Gasteiger partial charge in [-0.3, -0.25) is 19.2 Å². The Kier molecular flexibility index (Phi) is 19.7. The molecule has 3 atom stereocenters. The Bertz CT molecular complexity index is 1700. The van der Waals surface area contributed by atoms with Crippen LogP contribution in [0.15, 0.2) is 59.6 Å². The molecule has 0 aliphatic rings. The number of alkyl carbamates (subject to hydrolysis) is 1. The van der Waals surface area contributed by atoms with E-state index in [9.17, 15) is 28.8 Å². The molecule has 56 heavy (non-hydrogen) atoms. The molecule has 0 radical (unpaired) electrons. The zero-order valence-electron chi connectivity index (χ0n) is 34.2. The van der Waals surface area contributed by atoms with E-state index in [0.29, 0.717) is 23.6 Å². The molecule has 1 heterocycles. The lowest BCUT2D eigenvalue weighted by atomic mass is 10.0. The second-order valence-electron chi connectivity index (χ2n) is 15.6. The van der Waals surface area contributed by atoms with Crippen molar-refractivity contribution in [3.63, 3.8) is 0 Å². The maximum absolute atomic E-state index is 13.5. The summed E-state index contributed by atoms with van der Waals surface area (Å²) in [6.45, 7) is 18.6. The van der Waals surface area contributed by atoms with Gasteiger partial charge in [0.05, 0.1) is 19.1 Å². The van der Waals surface area contributed by atoms with Gasteiger partial charge < -0.3 is 30.2 Å². The molecule has 3 N–H and O–H groups in total. The summed E-state index contributed by atoms with van der Waals surface area (Å²) in [5.41, 5.74) is 0.111. The molecule has 3 unspecified atom stereocenters. The Morgan fingerprint density at radius 2 is 1.70 bits per heavy atom. The van der Waals surface area contributed by atoms with Gasteiger partial charge in [-0.2, -0.15) is 0 Å². The van der Waals surface area contributed by atoms with Gasteiger partial charge in [0.15, 0.2) is 5.12 Å². The molecule has 0 bridgehead atoms. The molecule has 0 saturated heterocycles. The third-order valence-electron chi connectivity index (χ3n) is 7.71. The van der Waals surface area contributed by atoms with Gasteiger partial charge in [-0.15, -0.1) is 11.3 Å². The molecule has 1 aromatic carbocycles. The smallest absolute Gasteiger partial charge is 0.408 e. The summed E-state index contributed by atoms with van der Waals surface area (Å²) in [4.78, 5) is 81.6. The molecule has 0 fully saturated rings. The number of rotatable bonds is 20. The van der Waals surface area contributed by atoms with Crippen molar-refractivity contribution in [3.05, 3.63) is 75.9 Å². The van der Waals surface area contributed by atoms with Gasteiger partial charge in [0.1, 0.15) is 34.1 Å². The molecule has 1 aromatic heterocycles. The number of nitrogens with zero attached hydrogens (tertiary/aromatic N) is 1. The zero-order chi connectivity index (χ0) is 42.1. The second kappa shape index (κ2) is 23.1. The Hall–Kier alpha value is -4.28. The van der Waals surface area contributed by atoms with Crippen LogP contribution < -0.4 is 16.0 Å². The van der Waals surface area contributed by atoms with Crippen molar-refractivity contribution in [1.29, 1.82) is 0 Å². The first-order valence-electron chi connectivity index (χ1n) is 18.6. The predicted octanol–water partition coefficient (Wildman–Crippen LogP) is 7.14. The molecule has 308 valence electrons. The van der Waals surface area contributed by atoms with E-state index in [1.807, 2.05) is 30.3 Å². The van der Waals surface area contributed by atoms with Crippen LogP contribution >= 0.6 is 23.1 Å². The summed E-state index contributed by atoms with van der Waals surface area (Å²) in [5, 5.41) is 10.1. The zero-order valence-corrected chi connectivity index (χ0v) is 36.8. The minimum atomic E-state index is -1.44. The molecular formula is C40H58N4O9S2Si. The lowest BCUT2D eigenvalue weighted by Gasteiger charge is -2.24. The van der Waals surface area contributed by atoms with Crippen LogP contribution in [0.3, 0.4) is 0 Å². The number of esters is 2. The number of hydrogen-bond acceptors (Lipinski definition) is 12. The van der Waals surface area contributed by atoms with Gasteiger partial charge in [0.25, 0.3) is 11.8 Å². The monoisotopic (exact) mass is 830 g/mol. The Morgan fingerprint density at radius 1 is 1.02 bits per heavy atom. The summed E-state index contributed by atoms with van der Waals surface area (Å²) in [6, 6.07) is 8.54. The third-order valence-corrected chi connectivity index (χ3v) is 11.2. The summed E-state index contributed by atoms with van der Waals surface area (Å²) in [6.07, 6.45) is 3.79. The minimum Gasteiger partial charge on any atom is -0.466 e. The van der Waals surface area contributed by atoms with Gasteiger partial charge in [-0.05, 0) is 64.1 Å². The fourth-order valence-corrected chi connectivity index (χ4v) is 6.90. The van der Waals surface area contributed by atoms with Crippen molar-refractivity contribution in [2.45, 2.75) is 117 Å². The normalized spacial score (nSPS) is 13.7. The largest absolute Gasteiger partial charge is 0.466 e. The summed E-state index contributed by atoms with van der Waals surface area (Å²) < 4.78 is 16.6. The lowest BCUT2D eigenvalue weighted by molar-refractivity contribution is -0.156. The molecule has 16 heteroatoms. The van der Waals surface area contributed by atoms with Crippen LogP contribution in [0.25, 0.3) is 0 Å². The number of carbonyl (C=O) groups excluding carboxylic acids is 6. The van der Waals surface area contributed by atoms with E-state index in [1.165, 1.54) is 29.7 Å². The van der Waals surface area contributed by atoms with E-state index < -0.39 is 67.6 Å². The quantitative estimate of drug-likeness (QED) is 0.0309. The number of aromatic nitrogens is 1. The van der Waals surface area contributed by atoms with Crippen LogP contribution in [0.4, 0.5) is 4.79 Å². The van der Waals surface area contributed by atoms with Gasteiger partial charge in [0, 0.05) is 26.1 Å². The van der Waals surface area contributed by atoms with Gasteiger partial charge in [-0.1, -0.05) is 87.7 Å². The first-order valence-corrected chi connectivity index (χ1v) is 24.2. The molecule has 2 aromatic rings. The number of amides is 3. The van der Waals surface area contributed by atoms with E-state index in [1.54, 1.807) is 53.7 Å². The van der Waals surface area contributed by atoms with Crippen LogP contribution in [0.1, 0.15) is 88.4 Å². The summed E-state index contributed by atoms with van der Waals surface area (Å²) in [7, 11) is -1.44. The third kappa shape index (κ3) is 19.0. The van der Waals surface area contributed by atoms with E-state index in [0.717, 1.165) is 23.4 Å². The lowest BCUT2D eigenvalue weighted by Crippen LogP contribution is -2.48. The molecule has 13 nitrogen and oxygen atoms in total. The van der Waals surface area contributed by atoms with Crippen molar-refractivity contribution in [3.8, 4) is 0 Å². The van der Waals surface area contributed by atoms with E-state index in [-0.39, 0.29) is 29.5 Å². The number of benzene rings is 1. The van der Waals surface area contributed by atoms with Crippen molar-refractivity contribution < 1.29 is 43.0 Å². The van der Waals surface area contributed by atoms with Crippen LogP contribution in [-0.4, -0.2) is 78.1 Å². The fraction of sp³-hybridized carbons (Fsp3) is 0.525. The maximum atomic E-state index is 13.5. The van der Waals surface area contributed by atoms with Crippen LogP contribution in [0.2, 0.25) is 25.7 Å². The topological polar surface area (TPSA) is 179 Å². The minimum absolute atomic E-state index is 0.0176. The van der Waals surface area contributed by atoms with Crippen molar-refractivity contribution in [2.24, 2.45) is 5.92 Å². The Labute approximate surface area is 340 Å². The average Bonchev–Trinajstić information content (AvgIpc) is 3.58. The predicted molar refractivity (Wildman–Crippen MR) is 223 cm³/mol. The summed E-state index contributed by atoms with van der Waals surface area (Å²) >= 11 is 2.34. The number of nitrogens with one attached hydrogen (secondary N) is 3. The number of ether oxygens (including phenoxy) is 3. The molecule has 0 aliphatic heterocycles. The Morgan fingerprint density at radius 3 is 2.29 bits per heavy atom. The van der Waals surface area contributed by atoms with Crippen molar-refractivity contribution in [1.82, 2.24) is 20.9 Å². The van der Waals surface area contributed by atoms with Gasteiger partial charge in [-0.25, -0.2) is 14.6 Å². The highest BCUT2D eigenvalue weighted by Crippen LogP contribution is 2.24. The van der Waals surface area contributed by atoms with Crippen LogP contribution in [0, 0.1) is 5.92 Å². The molecule has 3 amide bonds. The number of thiazole rings is 1. The number of hydrogen-bond donors (Lipinski definition) is 3. The number of thioether (sulfide) groups is 1. The highest BCUT2D eigenvalue weighted by molar-refractivity contribution is 8.13. The van der Waals surface area contributed by atoms with E-state index >= 15 is 0 Å². The summed E-state index contributed by atoms with van der Waals surface area (Å²) in [5.74, 6) is -2.61. The fourth-order valence-electron chi connectivity index (χ4n) is 4.80. The molecular weight excluding hydrogens is 773 g/mol. The maximum Gasteiger partial charge on any atom is 0.408 e. The van der Waals surface area contributed by atoms with E-state index in [4.69, 9.17) is 14.2 Å². The molecule has 0 aliphatic carbocycles. The number of carbonyl (C=O) groups is 6. The van der Waals surface area contributed by atoms with Crippen LogP contribution in [0.5, 0.6) is 0 Å². The van der Waals surface area contributed by atoms with Gasteiger partial charge >= 0.3 is 18.0 Å². The van der Waals surface area contributed by atoms with Crippen molar-refractivity contribution in [2.75, 3.05) is 12.4 Å². The highest BCUT2D eigenvalue weighted by Gasteiger charge is 2.31. The molecule has 2 rings (SSSR count). The van der Waals surface area contributed by atoms with Crippen molar-refractivity contribution >= 4 is 66.1 Å². The highest BCUT2D eigenvalue weighted by atomic mass is 32.2. The SMILES string of the molecule is CC=C(NC(=O)c1csc(C(Cc2ccccc2)NC(=O)OC(C)(C)C)n1)C(=O)NC(C(=O)OC(C=CCCSC(C)=O)CC(=O)OCC[Si](C)(C)C)C(C)C. The Balaban J connectivity index is 2.17. The second-order valence-corrected chi connectivity index (χ2v) is 23.4. The van der Waals surface area contributed by atoms with Crippen LogP contribution in [-0.2, 0) is 39.8 Å². The van der Waals surface area contributed by atoms with Gasteiger partial charge in [0.2, 0.25) is 0 Å². The first-order chi connectivity index (χ1) is 26.2.